The van der Waals surface area contributed by atoms with E-state index in [-0.39, 0.29) is 0 Å². The molecule has 1 fully saturated rings. The van der Waals surface area contributed by atoms with E-state index in [2.05, 4.69) is 13.8 Å². The third kappa shape index (κ3) is 6.90. The van der Waals surface area contributed by atoms with Crippen molar-refractivity contribution in [3.63, 3.8) is 0 Å². The SMILES string of the molecule is CCC[N+]1(CCC)CCCCC1.O=S(=O)([O-])C(F)(F)F. The van der Waals surface area contributed by atoms with Crippen molar-refractivity contribution in [2.75, 3.05) is 26.2 Å². The van der Waals surface area contributed by atoms with Crippen LogP contribution in [0.25, 0.3) is 0 Å². The first-order valence-corrected chi connectivity index (χ1v) is 8.36. The molecule has 0 aliphatic carbocycles. The molecule has 4 nitrogen and oxygen atoms in total. The highest BCUT2D eigenvalue weighted by Gasteiger charge is 2.36. The van der Waals surface area contributed by atoms with Gasteiger partial charge in [0.2, 0.25) is 0 Å². The van der Waals surface area contributed by atoms with Crippen molar-refractivity contribution < 1.29 is 30.6 Å². The van der Waals surface area contributed by atoms with Crippen LogP contribution in [0.2, 0.25) is 0 Å². The number of likely N-dealkylation sites (tertiary alicyclic amines) is 1. The van der Waals surface area contributed by atoms with E-state index in [1.54, 1.807) is 0 Å². The molecule has 8 heteroatoms. The summed E-state index contributed by atoms with van der Waals surface area (Å²) in [5, 5.41) is 0. The fourth-order valence-corrected chi connectivity index (χ4v) is 2.69. The first kappa shape index (κ1) is 19.7. The zero-order chi connectivity index (χ0) is 15.9. The maximum Gasteiger partial charge on any atom is 0.485 e. The Morgan fingerprint density at radius 3 is 1.60 bits per heavy atom. The lowest BCUT2D eigenvalue weighted by Crippen LogP contribution is -2.52. The van der Waals surface area contributed by atoms with E-state index in [0.717, 1.165) is 0 Å². The number of quaternary nitrogens is 1. The van der Waals surface area contributed by atoms with Crippen molar-refractivity contribution >= 4 is 10.1 Å². The number of hydrogen-bond donors (Lipinski definition) is 0. The molecule has 0 aromatic rings. The monoisotopic (exact) mass is 319 g/mol. The molecule has 1 rings (SSSR count). The Hall–Kier alpha value is -0.340. The lowest BCUT2D eigenvalue weighted by Gasteiger charge is -2.41. The minimum absolute atomic E-state index is 1.36. The van der Waals surface area contributed by atoms with Crippen LogP contribution in [-0.4, -0.2) is 49.1 Å². The zero-order valence-corrected chi connectivity index (χ0v) is 12.9. The van der Waals surface area contributed by atoms with Gasteiger partial charge < -0.3 is 9.04 Å². The topological polar surface area (TPSA) is 57.2 Å². The van der Waals surface area contributed by atoms with Gasteiger partial charge in [0, 0.05) is 0 Å². The molecule has 0 spiro atoms. The highest BCUT2D eigenvalue weighted by atomic mass is 32.2. The summed E-state index contributed by atoms with van der Waals surface area (Å²) in [6.07, 6.45) is 7.15. The van der Waals surface area contributed by atoms with Gasteiger partial charge >= 0.3 is 5.51 Å². The second-order valence-corrected chi connectivity index (χ2v) is 6.57. The fraction of sp³-hybridized carbons (Fsp3) is 1.00. The van der Waals surface area contributed by atoms with E-state index in [1.807, 2.05) is 0 Å². The van der Waals surface area contributed by atoms with Gasteiger partial charge in [0.1, 0.15) is 0 Å². The van der Waals surface area contributed by atoms with Gasteiger partial charge in [-0.15, -0.1) is 0 Å². The molecular formula is C12H24F3NO3S. The van der Waals surface area contributed by atoms with Gasteiger partial charge in [-0.05, 0) is 32.1 Å². The van der Waals surface area contributed by atoms with Crippen LogP contribution in [-0.2, 0) is 10.1 Å². The summed E-state index contributed by atoms with van der Waals surface area (Å²) in [6.45, 7) is 10.4. The normalized spacial score (nSPS) is 19.1. The summed E-state index contributed by atoms with van der Waals surface area (Å²) in [7, 11) is -6.09. The van der Waals surface area contributed by atoms with E-state index >= 15 is 0 Å². The van der Waals surface area contributed by atoms with Gasteiger partial charge in [0.05, 0.1) is 26.2 Å². The molecular weight excluding hydrogens is 295 g/mol. The second kappa shape index (κ2) is 8.19. The van der Waals surface area contributed by atoms with Gasteiger partial charge in [-0.25, -0.2) is 8.42 Å². The smallest absolute Gasteiger partial charge is 0.485 e. The highest BCUT2D eigenvalue weighted by molar-refractivity contribution is 7.86. The maximum atomic E-state index is 10.7. The quantitative estimate of drug-likeness (QED) is 0.455. The summed E-state index contributed by atoms with van der Waals surface area (Å²) < 4.78 is 60.3. The molecule has 0 atom stereocenters. The Balaban J connectivity index is 0.000000396. The van der Waals surface area contributed by atoms with Crippen molar-refractivity contribution in [1.82, 2.24) is 0 Å². The molecule has 1 aliphatic heterocycles. The molecule has 0 N–H and O–H groups in total. The highest BCUT2D eigenvalue weighted by Crippen LogP contribution is 2.20. The van der Waals surface area contributed by atoms with E-state index in [4.69, 9.17) is 13.0 Å². The molecule has 1 heterocycles. The predicted molar refractivity (Wildman–Crippen MR) is 69.9 cm³/mol. The maximum absolute atomic E-state index is 10.7. The Kier molecular flexibility index (Phi) is 8.05. The lowest BCUT2D eigenvalue weighted by molar-refractivity contribution is -0.932. The Morgan fingerprint density at radius 1 is 1.00 bits per heavy atom. The van der Waals surface area contributed by atoms with Crippen molar-refractivity contribution in [1.29, 1.82) is 0 Å². The van der Waals surface area contributed by atoms with Gasteiger partial charge in [0.25, 0.3) is 0 Å². The number of nitrogens with zero attached hydrogens (tertiary/aromatic N) is 1. The van der Waals surface area contributed by atoms with Crippen LogP contribution in [0.1, 0.15) is 46.0 Å². The molecule has 0 aromatic heterocycles. The summed E-state index contributed by atoms with van der Waals surface area (Å²) in [4.78, 5) is 0. The molecule has 20 heavy (non-hydrogen) atoms. The standard InChI is InChI=1S/C11H24N.CHF3O3S/c1-3-8-12(9-4-2)10-6-5-7-11-12;2-1(3,4)8(5,6)7/h3-11H2,1-2H3;(H,5,6,7)/q+1;/p-1. The van der Waals surface area contributed by atoms with Crippen LogP contribution >= 0.6 is 0 Å². The van der Waals surface area contributed by atoms with Crippen LogP contribution in [0.4, 0.5) is 13.2 Å². The van der Waals surface area contributed by atoms with Crippen molar-refractivity contribution in [2.24, 2.45) is 0 Å². The largest absolute Gasteiger partial charge is 0.741 e. The van der Waals surface area contributed by atoms with Gasteiger partial charge in [-0.1, -0.05) is 13.8 Å². The summed E-state index contributed by atoms with van der Waals surface area (Å²) in [5.74, 6) is 0. The first-order valence-electron chi connectivity index (χ1n) is 6.95. The van der Waals surface area contributed by atoms with Crippen molar-refractivity contribution in [2.45, 2.75) is 51.5 Å². The van der Waals surface area contributed by atoms with Gasteiger partial charge in [-0.2, -0.15) is 13.2 Å². The van der Waals surface area contributed by atoms with E-state index in [0.29, 0.717) is 0 Å². The van der Waals surface area contributed by atoms with Crippen LogP contribution < -0.4 is 0 Å². The first-order chi connectivity index (χ1) is 9.08. The van der Waals surface area contributed by atoms with Crippen molar-refractivity contribution in [3.05, 3.63) is 0 Å². The van der Waals surface area contributed by atoms with Gasteiger partial charge in [0.15, 0.2) is 10.1 Å². The third-order valence-corrected chi connectivity index (χ3v) is 4.01. The Labute approximate surface area is 119 Å². The molecule has 0 bridgehead atoms. The third-order valence-electron chi connectivity index (χ3n) is 3.44. The van der Waals surface area contributed by atoms with E-state index in [1.165, 1.54) is 62.8 Å². The summed E-state index contributed by atoms with van der Waals surface area (Å²) in [5.41, 5.74) is -5.65. The predicted octanol–water partition coefficient (Wildman–Crippen LogP) is 2.86. The molecule has 1 saturated heterocycles. The molecule has 0 amide bonds. The minimum Gasteiger partial charge on any atom is -0.741 e. The lowest BCUT2D eigenvalue weighted by atomic mass is 10.1. The molecule has 0 saturated carbocycles. The minimum atomic E-state index is -6.09. The molecule has 122 valence electrons. The number of rotatable bonds is 4. The molecule has 0 unspecified atom stereocenters. The van der Waals surface area contributed by atoms with Crippen molar-refractivity contribution in [3.8, 4) is 0 Å². The van der Waals surface area contributed by atoms with Crippen LogP contribution in [0.3, 0.4) is 0 Å². The number of halogens is 3. The molecule has 0 radical (unpaired) electrons. The van der Waals surface area contributed by atoms with E-state index in [9.17, 15) is 13.2 Å². The number of piperidine rings is 1. The zero-order valence-electron chi connectivity index (χ0n) is 12.1. The average Bonchev–Trinajstić information content (AvgIpc) is 2.29. The fourth-order valence-electron chi connectivity index (χ4n) is 2.69. The molecule has 0 aromatic carbocycles. The van der Waals surface area contributed by atoms with Crippen LogP contribution in [0.15, 0.2) is 0 Å². The average molecular weight is 319 g/mol. The number of alkyl halides is 3. The van der Waals surface area contributed by atoms with Crippen LogP contribution in [0.5, 0.6) is 0 Å². The number of hydrogen-bond acceptors (Lipinski definition) is 3. The molecule has 1 aliphatic rings. The van der Waals surface area contributed by atoms with E-state index < -0.39 is 15.6 Å². The second-order valence-electron chi connectivity index (χ2n) is 5.20. The van der Waals surface area contributed by atoms with Crippen LogP contribution in [0, 0.1) is 0 Å². The Bertz CT molecular complexity index is 347. The Morgan fingerprint density at radius 2 is 1.35 bits per heavy atom. The summed E-state index contributed by atoms with van der Waals surface area (Å²) in [6, 6.07) is 0. The summed E-state index contributed by atoms with van der Waals surface area (Å²) >= 11 is 0. The van der Waals surface area contributed by atoms with Gasteiger partial charge in [-0.3, -0.25) is 0 Å².